The van der Waals surface area contributed by atoms with Gasteiger partial charge in [0.25, 0.3) is 5.91 Å². The monoisotopic (exact) mass is 361 g/mol. The number of phenolic OH excluding ortho intramolecular Hbond substituents is 1. The standard InChI is InChI=1S/C14H20INO2/c1-11-10-12(6-7-13(11)17)14(18)16-9-5-3-2-4-8-15/h6-7,10,17H,2-5,8-9H2,1H3,(H,16,18). The van der Waals surface area contributed by atoms with E-state index >= 15 is 0 Å². The summed E-state index contributed by atoms with van der Waals surface area (Å²) in [6.45, 7) is 2.51. The Hall–Kier alpha value is -0.780. The molecule has 0 spiro atoms. The van der Waals surface area contributed by atoms with Crippen LogP contribution in [0.5, 0.6) is 5.75 Å². The van der Waals surface area contributed by atoms with Gasteiger partial charge in [0.05, 0.1) is 0 Å². The zero-order valence-electron chi connectivity index (χ0n) is 10.7. The Bertz CT molecular complexity index is 393. The molecule has 0 saturated heterocycles. The van der Waals surface area contributed by atoms with Gasteiger partial charge in [-0.1, -0.05) is 35.4 Å². The molecule has 1 rings (SSSR count). The maximum Gasteiger partial charge on any atom is 0.251 e. The number of phenols is 1. The van der Waals surface area contributed by atoms with Crippen LogP contribution in [0.2, 0.25) is 0 Å². The molecular formula is C14H20INO2. The zero-order valence-corrected chi connectivity index (χ0v) is 12.9. The normalized spacial score (nSPS) is 10.3. The summed E-state index contributed by atoms with van der Waals surface area (Å²) in [5, 5.41) is 12.3. The molecule has 0 saturated carbocycles. The number of unbranched alkanes of at least 4 members (excludes halogenated alkanes) is 3. The summed E-state index contributed by atoms with van der Waals surface area (Å²) in [7, 11) is 0. The van der Waals surface area contributed by atoms with Crippen molar-refractivity contribution < 1.29 is 9.90 Å². The summed E-state index contributed by atoms with van der Waals surface area (Å²) in [6.07, 6.45) is 4.68. The van der Waals surface area contributed by atoms with Gasteiger partial charge in [-0.05, 0) is 48.0 Å². The molecule has 0 radical (unpaired) electrons. The summed E-state index contributed by atoms with van der Waals surface area (Å²) >= 11 is 2.38. The number of amides is 1. The van der Waals surface area contributed by atoms with Crippen molar-refractivity contribution in [3.63, 3.8) is 0 Å². The van der Waals surface area contributed by atoms with E-state index in [1.807, 2.05) is 0 Å². The number of aryl methyl sites for hydroxylation is 1. The van der Waals surface area contributed by atoms with Crippen molar-refractivity contribution in [2.45, 2.75) is 32.6 Å². The molecule has 0 aromatic heterocycles. The number of carbonyl (C=O) groups excluding carboxylic acids is 1. The summed E-state index contributed by atoms with van der Waals surface area (Å²) in [5.41, 5.74) is 1.34. The van der Waals surface area contributed by atoms with Crippen LogP contribution in [-0.4, -0.2) is 22.0 Å². The number of carbonyl (C=O) groups is 1. The minimum atomic E-state index is -0.0630. The van der Waals surface area contributed by atoms with Gasteiger partial charge in [-0.2, -0.15) is 0 Å². The minimum absolute atomic E-state index is 0.0630. The van der Waals surface area contributed by atoms with Crippen molar-refractivity contribution in [1.82, 2.24) is 5.32 Å². The van der Waals surface area contributed by atoms with Crippen LogP contribution in [0.1, 0.15) is 41.6 Å². The summed E-state index contributed by atoms with van der Waals surface area (Å²) in [4.78, 5) is 11.8. The Morgan fingerprint density at radius 2 is 2.00 bits per heavy atom. The van der Waals surface area contributed by atoms with Crippen molar-refractivity contribution in [2.24, 2.45) is 0 Å². The average molecular weight is 361 g/mol. The molecule has 18 heavy (non-hydrogen) atoms. The van der Waals surface area contributed by atoms with Crippen LogP contribution in [-0.2, 0) is 0 Å². The molecule has 0 aliphatic heterocycles. The van der Waals surface area contributed by atoms with Crippen molar-refractivity contribution in [3.8, 4) is 5.75 Å². The molecule has 0 unspecified atom stereocenters. The smallest absolute Gasteiger partial charge is 0.251 e. The molecule has 2 N–H and O–H groups in total. The Kier molecular flexibility index (Phi) is 7.08. The maximum atomic E-state index is 11.8. The molecule has 0 aliphatic carbocycles. The second kappa shape index (κ2) is 8.34. The quantitative estimate of drug-likeness (QED) is 0.444. The van der Waals surface area contributed by atoms with Gasteiger partial charge in [0.2, 0.25) is 0 Å². The number of aromatic hydroxyl groups is 1. The molecule has 100 valence electrons. The molecule has 1 aromatic rings. The summed E-state index contributed by atoms with van der Waals surface area (Å²) in [6, 6.07) is 4.92. The van der Waals surface area contributed by atoms with E-state index in [1.54, 1.807) is 25.1 Å². The van der Waals surface area contributed by atoms with Crippen molar-refractivity contribution >= 4 is 28.5 Å². The number of halogens is 1. The Morgan fingerprint density at radius 3 is 2.67 bits per heavy atom. The lowest BCUT2D eigenvalue weighted by Gasteiger charge is -2.06. The fraction of sp³-hybridized carbons (Fsp3) is 0.500. The minimum Gasteiger partial charge on any atom is -0.508 e. The van der Waals surface area contributed by atoms with Gasteiger partial charge < -0.3 is 10.4 Å². The van der Waals surface area contributed by atoms with Crippen molar-refractivity contribution in [3.05, 3.63) is 29.3 Å². The van der Waals surface area contributed by atoms with Crippen LogP contribution in [0.15, 0.2) is 18.2 Å². The Morgan fingerprint density at radius 1 is 1.28 bits per heavy atom. The second-order valence-corrected chi connectivity index (χ2v) is 5.44. The molecule has 0 atom stereocenters. The highest BCUT2D eigenvalue weighted by molar-refractivity contribution is 14.1. The van der Waals surface area contributed by atoms with E-state index in [9.17, 15) is 9.90 Å². The van der Waals surface area contributed by atoms with E-state index in [0.29, 0.717) is 5.56 Å². The first-order valence-corrected chi connectivity index (χ1v) is 7.81. The third-order valence-corrected chi connectivity index (χ3v) is 3.57. The van der Waals surface area contributed by atoms with Crippen LogP contribution in [0.25, 0.3) is 0 Å². The van der Waals surface area contributed by atoms with E-state index in [2.05, 4.69) is 27.9 Å². The fourth-order valence-electron chi connectivity index (χ4n) is 1.67. The van der Waals surface area contributed by atoms with Gasteiger partial charge >= 0.3 is 0 Å². The maximum absolute atomic E-state index is 11.8. The van der Waals surface area contributed by atoms with Crippen molar-refractivity contribution in [2.75, 3.05) is 11.0 Å². The van der Waals surface area contributed by atoms with Gasteiger partial charge in [-0.15, -0.1) is 0 Å². The Labute approximate surface area is 122 Å². The van der Waals surface area contributed by atoms with E-state index in [1.165, 1.54) is 17.3 Å². The number of alkyl halides is 1. The van der Waals surface area contributed by atoms with Gasteiger partial charge in [0.1, 0.15) is 5.75 Å². The molecule has 4 heteroatoms. The molecule has 0 bridgehead atoms. The molecule has 1 aromatic carbocycles. The molecule has 3 nitrogen and oxygen atoms in total. The van der Waals surface area contributed by atoms with Crippen LogP contribution >= 0.6 is 22.6 Å². The van der Waals surface area contributed by atoms with Crippen molar-refractivity contribution in [1.29, 1.82) is 0 Å². The lowest BCUT2D eigenvalue weighted by molar-refractivity contribution is 0.0953. The van der Waals surface area contributed by atoms with Crippen LogP contribution in [0.4, 0.5) is 0 Å². The number of hydrogen-bond donors (Lipinski definition) is 2. The lowest BCUT2D eigenvalue weighted by Crippen LogP contribution is -2.24. The lowest BCUT2D eigenvalue weighted by atomic mass is 10.1. The average Bonchev–Trinajstić information content (AvgIpc) is 2.36. The molecule has 0 aliphatic rings. The predicted octanol–water partition coefficient (Wildman–Crippen LogP) is 3.43. The first kappa shape index (κ1) is 15.3. The second-order valence-electron chi connectivity index (χ2n) is 4.36. The van der Waals surface area contributed by atoms with E-state index < -0.39 is 0 Å². The largest absolute Gasteiger partial charge is 0.508 e. The number of benzene rings is 1. The highest BCUT2D eigenvalue weighted by atomic mass is 127. The van der Waals surface area contributed by atoms with Crippen LogP contribution in [0, 0.1) is 6.92 Å². The third-order valence-electron chi connectivity index (χ3n) is 2.80. The van der Waals surface area contributed by atoms with Gasteiger partial charge in [0, 0.05) is 12.1 Å². The summed E-state index contributed by atoms with van der Waals surface area (Å²) in [5.74, 6) is 0.164. The molecule has 1 amide bonds. The topological polar surface area (TPSA) is 49.3 Å². The SMILES string of the molecule is Cc1cc(C(=O)NCCCCCCI)ccc1O. The molecule has 0 fully saturated rings. The highest BCUT2D eigenvalue weighted by Crippen LogP contribution is 2.16. The van der Waals surface area contributed by atoms with E-state index in [-0.39, 0.29) is 11.7 Å². The van der Waals surface area contributed by atoms with Crippen LogP contribution < -0.4 is 5.32 Å². The first-order chi connectivity index (χ1) is 8.65. The van der Waals surface area contributed by atoms with E-state index in [4.69, 9.17) is 0 Å². The van der Waals surface area contributed by atoms with E-state index in [0.717, 1.165) is 24.9 Å². The zero-order chi connectivity index (χ0) is 13.4. The number of nitrogens with one attached hydrogen (secondary N) is 1. The number of hydrogen-bond acceptors (Lipinski definition) is 2. The Balaban J connectivity index is 2.30. The van der Waals surface area contributed by atoms with Gasteiger partial charge in [-0.3, -0.25) is 4.79 Å². The van der Waals surface area contributed by atoms with Gasteiger partial charge in [-0.25, -0.2) is 0 Å². The fourth-order valence-corrected chi connectivity index (χ4v) is 2.21. The third kappa shape index (κ3) is 5.25. The number of rotatable bonds is 7. The molecular weight excluding hydrogens is 341 g/mol. The first-order valence-electron chi connectivity index (χ1n) is 6.29. The predicted molar refractivity (Wildman–Crippen MR) is 82.5 cm³/mol. The van der Waals surface area contributed by atoms with Crippen LogP contribution in [0.3, 0.4) is 0 Å². The highest BCUT2D eigenvalue weighted by Gasteiger charge is 2.06. The summed E-state index contributed by atoms with van der Waals surface area (Å²) < 4.78 is 1.21. The van der Waals surface area contributed by atoms with Gasteiger partial charge in [0.15, 0.2) is 0 Å². The molecule has 0 heterocycles.